The number of carbonyl (C=O) groups excluding carboxylic acids is 1. The number of nitrogens with zero attached hydrogens (tertiary/aromatic N) is 2. The van der Waals surface area contributed by atoms with Crippen molar-refractivity contribution in [2.24, 2.45) is 0 Å². The molecule has 0 amide bonds. The van der Waals surface area contributed by atoms with E-state index in [0.29, 0.717) is 5.56 Å². The van der Waals surface area contributed by atoms with Crippen molar-refractivity contribution in [3.63, 3.8) is 0 Å². The van der Waals surface area contributed by atoms with Crippen LogP contribution < -0.4 is 4.90 Å². The molecule has 0 unspecified atom stereocenters. The third-order valence-electron chi connectivity index (χ3n) is 3.57. The van der Waals surface area contributed by atoms with Gasteiger partial charge in [0.05, 0.1) is 15.6 Å². The van der Waals surface area contributed by atoms with Crippen LogP contribution in [0.2, 0.25) is 0 Å². The molecule has 5 nitrogen and oxygen atoms in total. The van der Waals surface area contributed by atoms with Crippen molar-refractivity contribution >= 4 is 28.9 Å². The van der Waals surface area contributed by atoms with Crippen LogP contribution in [0.25, 0.3) is 0 Å². The number of nitro benzene ring substituents is 1. The molecule has 0 saturated heterocycles. The van der Waals surface area contributed by atoms with E-state index in [9.17, 15) is 14.9 Å². The zero-order chi connectivity index (χ0) is 16.4. The zero-order valence-corrected chi connectivity index (χ0v) is 13.2. The Hall–Kier alpha value is -2.60. The van der Waals surface area contributed by atoms with Gasteiger partial charge in [0.15, 0.2) is 5.78 Å². The molecule has 1 aliphatic rings. The van der Waals surface area contributed by atoms with Gasteiger partial charge in [-0.3, -0.25) is 14.9 Å². The standard InChI is InChI=1S/C17H14N2O3S/c1-2-18-14-5-3-4-6-16(14)23-17(18)11-15(20)12-7-9-13(10-8-12)19(21)22/h3-11H,2H2,1H3/b17-11-. The molecule has 6 heteroatoms. The van der Waals surface area contributed by atoms with E-state index in [4.69, 9.17) is 0 Å². The third kappa shape index (κ3) is 2.98. The summed E-state index contributed by atoms with van der Waals surface area (Å²) in [7, 11) is 0. The average Bonchev–Trinajstić information content (AvgIpc) is 2.91. The Labute approximate surface area is 137 Å². The van der Waals surface area contributed by atoms with Gasteiger partial charge in [-0.15, -0.1) is 0 Å². The number of non-ortho nitro benzene ring substituents is 1. The topological polar surface area (TPSA) is 63.5 Å². The van der Waals surface area contributed by atoms with Crippen molar-refractivity contribution < 1.29 is 9.72 Å². The van der Waals surface area contributed by atoms with E-state index < -0.39 is 4.92 Å². The molecule has 0 bridgehead atoms. The van der Waals surface area contributed by atoms with E-state index in [2.05, 4.69) is 4.90 Å². The maximum atomic E-state index is 12.4. The Bertz CT molecular complexity index is 800. The van der Waals surface area contributed by atoms with Crippen LogP contribution >= 0.6 is 11.8 Å². The number of carbonyl (C=O) groups is 1. The first-order valence-electron chi connectivity index (χ1n) is 7.15. The predicted molar refractivity (Wildman–Crippen MR) is 90.8 cm³/mol. The van der Waals surface area contributed by atoms with E-state index in [1.807, 2.05) is 31.2 Å². The quantitative estimate of drug-likeness (QED) is 0.364. The Kier molecular flexibility index (Phi) is 4.16. The minimum Gasteiger partial charge on any atom is -0.335 e. The summed E-state index contributed by atoms with van der Waals surface area (Å²) in [6, 6.07) is 13.7. The monoisotopic (exact) mass is 326 g/mol. The molecule has 3 rings (SSSR count). The number of benzene rings is 2. The lowest BCUT2D eigenvalue weighted by Gasteiger charge is -2.17. The first kappa shape index (κ1) is 15.3. The van der Waals surface area contributed by atoms with Gasteiger partial charge < -0.3 is 4.90 Å². The minimum absolute atomic E-state index is 0.0213. The molecule has 1 aliphatic heterocycles. The van der Waals surface area contributed by atoms with Crippen LogP contribution in [-0.4, -0.2) is 17.3 Å². The summed E-state index contributed by atoms with van der Waals surface area (Å²) in [4.78, 5) is 25.8. The summed E-state index contributed by atoms with van der Waals surface area (Å²) in [6.45, 7) is 2.80. The fourth-order valence-corrected chi connectivity index (χ4v) is 3.59. The number of anilines is 1. The molecule has 2 aromatic carbocycles. The van der Waals surface area contributed by atoms with Crippen LogP contribution in [-0.2, 0) is 0 Å². The maximum absolute atomic E-state index is 12.4. The van der Waals surface area contributed by atoms with E-state index >= 15 is 0 Å². The number of ketones is 1. The number of fused-ring (bicyclic) bond motifs is 1. The van der Waals surface area contributed by atoms with Crippen LogP contribution in [0.5, 0.6) is 0 Å². The van der Waals surface area contributed by atoms with Gasteiger partial charge in [0.2, 0.25) is 0 Å². The lowest BCUT2D eigenvalue weighted by molar-refractivity contribution is -0.384. The summed E-state index contributed by atoms with van der Waals surface area (Å²) < 4.78 is 0. The van der Waals surface area contributed by atoms with Crippen LogP contribution in [0.1, 0.15) is 17.3 Å². The van der Waals surface area contributed by atoms with E-state index in [-0.39, 0.29) is 11.5 Å². The van der Waals surface area contributed by atoms with Crippen molar-refractivity contribution in [2.75, 3.05) is 11.4 Å². The van der Waals surface area contributed by atoms with Gasteiger partial charge in [-0.05, 0) is 31.2 Å². The van der Waals surface area contributed by atoms with Crippen molar-refractivity contribution in [3.8, 4) is 0 Å². The number of para-hydroxylation sites is 1. The van der Waals surface area contributed by atoms with Crippen molar-refractivity contribution in [1.29, 1.82) is 0 Å². The van der Waals surface area contributed by atoms with Gasteiger partial charge in [-0.2, -0.15) is 0 Å². The summed E-state index contributed by atoms with van der Waals surface area (Å²) in [5.74, 6) is -0.159. The lowest BCUT2D eigenvalue weighted by Crippen LogP contribution is -2.17. The zero-order valence-electron chi connectivity index (χ0n) is 12.4. The SMILES string of the molecule is CCN1/C(=C/C(=O)c2ccc([N+](=O)[O-])cc2)Sc2ccccc21. The Morgan fingerprint density at radius 3 is 2.57 bits per heavy atom. The number of rotatable bonds is 4. The first-order valence-corrected chi connectivity index (χ1v) is 7.96. The average molecular weight is 326 g/mol. The summed E-state index contributed by atoms with van der Waals surface area (Å²) in [5.41, 5.74) is 1.52. The van der Waals surface area contributed by atoms with Crippen LogP contribution in [0.4, 0.5) is 11.4 Å². The minimum atomic E-state index is -0.477. The van der Waals surface area contributed by atoms with Gasteiger partial charge in [-0.1, -0.05) is 23.9 Å². The highest BCUT2D eigenvalue weighted by molar-refractivity contribution is 8.03. The summed E-state index contributed by atoms with van der Waals surface area (Å²) in [6.07, 6.45) is 1.59. The van der Waals surface area contributed by atoms with E-state index in [1.54, 1.807) is 17.8 Å². The molecule has 23 heavy (non-hydrogen) atoms. The molecule has 0 spiro atoms. The fraction of sp³-hybridized carbons (Fsp3) is 0.118. The second kappa shape index (κ2) is 6.26. The van der Waals surface area contributed by atoms with E-state index in [1.165, 1.54) is 24.3 Å². The molecular formula is C17H14N2O3S. The maximum Gasteiger partial charge on any atom is 0.269 e. The molecule has 0 fully saturated rings. The normalized spacial score (nSPS) is 14.8. The third-order valence-corrected chi connectivity index (χ3v) is 4.68. The molecule has 0 saturated carbocycles. The van der Waals surface area contributed by atoms with Gasteiger partial charge >= 0.3 is 0 Å². The largest absolute Gasteiger partial charge is 0.335 e. The number of nitro groups is 1. The predicted octanol–water partition coefficient (Wildman–Crippen LogP) is 4.25. The summed E-state index contributed by atoms with van der Waals surface area (Å²) in [5, 5.41) is 11.5. The van der Waals surface area contributed by atoms with E-state index in [0.717, 1.165) is 22.2 Å². The van der Waals surface area contributed by atoms with Crippen LogP contribution in [0, 0.1) is 10.1 Å². The van der Waals surface area contributed by atoms with Crippen molar-refractivity contribution in [1.82, 2.24) is 0 Å². The molecule has 0 aliphatic carbocycles. The van der Waals surface area contributed by atoms with Crippen LogP contribution in [0.15, 0.2) is 64.5 Å². The number of hydrogen-bond donors (Lipinski definition) is 0. The summed E-state index contributed by atoms with van der Waals surface area (Å²) >= 11 is 1.56. The molecule has 0 N–H and O–H groups in total. The second-order valence-electron chi connectivity index (χ2n) is 4.96. The molecule has 116 valence electrons. The number of hydrogen-bond acceptors (Lipinski definition) is 5. The Morgan fingerprint density at radius 2 is 1.91 bits per heavy atom. The van der Waals surface area contributed by atoms with Crippen molar-refractivity contribution in [2.45, 2.75) is 11.8 Å². The molecular weight excluding hydrogens is 312 g/mol. The Balaban J connectivity index is 1.87. The fourth-order valence-electron chi connectivity index (χ4n) is 2.43. The van der Waals surface area contributed by atoms with Gasteiger partial charge in [0.25, 0.3) is 5.69 Å². The van der Waals surface area contributed by atoms with Crippen molar-refractivity contribution in [3.05, 3.63) is 75.3 Å². The van der Waals surface area contributed by atoms with Crippen LogP contribution in [0.3, 0.4) is 0 Å². The number of thioether (sulfide) groups is 1. The second-order valence-corrected chi connectivity index (χ2v) is 6.03. The first-order chi connectivity index (χ1) is 11.1. The molecule has 2 aromatic rings. The van der Waals surface area contributed by atoms with Gasteiger partial charge in [0, 0.05) is 35.2 Å². The highest BCUT2D eigenvalue weighted by Crippen LogP contribution is 2.45. The van der Waals surface area contributed by atoms with Gasteiger partial charge in [-0.25, -0.2) is 0 Å². The van der Waals surface area contributed by atoms with Gasteiger partial charge in [0.1, 0.15) is 0 Å². The molecule has 0 atom stereocenters. The lowest BCUT2D eigenvalue weighted by atomic mass is 10.1. The number of allylic oxidation sites excluding steroid dienone is 1. The smallest absolute Gasteiger partial charge is 0.269 e. The molecule has 0 aromatic heterocycles. The molecule has 0 radical (unpaired) electrons. The molecule has 1 heterocycles. The Morgan fingerprint density at radius 1 is 1.22 bits per heavy atom. The highest BCUT2D eigenvalue weighted by Gasteiger charge is 2.24. The highest BCUT2D eigenvalue weighted by atomic mass is 32.2.